The number of nitrogens with zero attached hydrogens (tertiary/aromatic N) is 1. The van der Waals surface area contributed by atoms with Crippen molar-refractivity contribution in [3.8, 4) is 11.5 Å². The summed E-state index contributed by atoms with van der Waals surface area (Å²) < 4.78 is 10.6. The van der Waals surface area contributed by atoms with Crippen LogP contribution in [0.1, 0.15) is 6.42 Å². The number of carbonyl (C=O) groups excluding carboxylic acids is 2. The second-order valence-electron chi connectivity index (χ2n) is 6.18. The second-order valence-corrected chi connectivity index (χ2v) is 6.18. The molecule has 0 saturated carbocycles. The molecule has 1 atom stereocenters. The SMILES string of the molecule is COc1ccc(N2C[C@H](CNC(=O)COc3ccccc3)CC2=O)cc1. The summed E-state index contributed by atoms with van der Waals surface area (Å²) in [5.41, 5.74) is 0.844. The average molecular weight is 354 g/mol. The highest BCUT2D eigenvalue weighted by Crippen LogP contribution is 2.26. The summed E-state index contributed by atoms with van der Waals surface area (Å²) in [7, 11) is 1.61. The highest BCUT2D eigenvalue weighted by atomic mass is 16.5. The van der Waals surface area contributed by atoms with Crippen molar-refractivity contribution in [2.75, 3.05) is 31.7 Å². The summed E-state index contributed by atoms with van der Waals surface area (Å²) in [6.45, 7) is 1.01. The van der Waals surface area contributed by atoms with E-state index in [-0.39, 0.29) is 24.3 Å². The summed E-state index contributed by atoms with van der Waals surface area (Å²) in [5.74, 6) is 1.37. The van der Waals surface area contributed by atoms with Gasteiger partial charge in [-0.25, -0.2) is 0 Å². The number of methoxy groups -OCH3 is 1. The maximum absolute atomic E-state index is 12.3. The number of nitrogens with one attached hydrogen (secondary N) is 1. The first kappa shape index (κ1) is 17.8. The number of ether oxygens (including phenoxy) is 2. The molecule has 0 spiro atoms. The molecule has 1 saturated heterocycles. The van der Waals surface area contributed by atoms with Crippen LogP contribution in [0.4, 0.5) is 5.69 Å². The van der Waals surface area contributed by atoms with E-state index in [2.05, 4.69) is 5.32 Å². The molecular formula is C20H22N2O4. The molecule has 136 valence electrons. The Morgan fingerprint density at radius 1 is 1.12 bits per heavy atom. The van der Waals surface area contributed by atoms with E-state index in [1.54, 1.807) is 24.1 Å². The number of hydrogen-bond acceptors (Lipinski definition) is 4. The highest BCUT2D eigenvalue weighted by Gasteiger charge is 2.30. The van der Waals surface area contributed by atoms with Crippen LogP contribution in [0.3, 0.4) is 0 Å². The predicted molar refractivity (Wildman–Crippen MR) is 98.4 cm³/mol. The first-order valence-corrected chi connectivity index (χ1v) is 8.54. The maximum Gasteiger partial charge on any atom is 0.257 e. The lowest BCUT2D eigenvalue weighted by atomic mass is 10.1. The topological polar surface area (TPSA) is 67.9 Å². The van der Waals surface area contributed by atoms with Crippen molar-refractivity contribution in [1.82, 2.24) is 5.32 Å². The lowest BCUT2D eigenvalue weighted by molar-refractivity contribution is -0.123. The number of rotatable bonds is 7. The number of anilines is 1. The van der Waals surface area contributed by atoms with Gasteiger partial charge in [0.05, 0.1) is 7.11 Å². The Kier molecular flexibility index (Phi) is 5.73. The molecule has 0 unspecified atom stereocenters. The third-order valence-corrected chi connectivity index (χ3v) is 4.29. The zero-order valence-corrected chi connectivity index (χ0v) is 14.7. The Morgan fingerprint density at radius 3 is 2.54 bits per heavy atom. The molecule has 26 heavy (non-hydrogen) atoms. The monoisotopic (exact) mass is 354 g/mol. The summed E-state index contributed by atoms with van der Waals surface area (Å²) in [5, 5.41) is 2.84. The Balaban J connectivity index is 1.45. The van der Waals surface area contributed by atoms with Gasteiger partial charge >= 0.3 is 0 Å². The van der Waals surface area contributed by atoms with E-state index >= 15 is 0 Å². The quantitative estimate of drug-likeness (QED) is 0.828. The van der Waals surface area contributed by atoms with Crippen molar-refractivity contribution >= 4 is 17.5 Å². The zero-order chi connectivity index (χ0) is 18.4. The Labute approximate surface area is 152 Å². The van der Waals surface area contributed by atoms with Gasteiger partial charge in [-0.1, -0.05) is 18.2 Å². The van der Waals surface area contributed by atoms with Crippen molar-refractivity contribution in [3.05, 3.63) is 54.6 Å². The molecule has 1 heterocycles. The van der Waals surface area contributed by atoms with Gasteiger partial charge in [0.2, 0.25) is 5.91 Å². The van der Waals surface area contributed by atoms with Gasteiger partial charge in [-0.2, -0.15) is 0 Å². The molecule has 3 rings (SSSR count). The van der Waals surface area contributed by atoms with Crippen LogP contribution in [0.5, 0.6) is 11.5 Å². The normalized spacial score (nSPS) is 16.4. The maximum atomic E-state index is 12.3. The molecule has 0 bridgehead atoms. The predicted octanol–water partition coefficient (Wildman–Crippen LogP) is 2.24. The minimum atomic E-state index is -0.191. The summed E-state index contributed by atoms with van der Waals surface area (Å²) >= 11 is 0. The van der Waals surface area contributed by atoms with Crippen LogP contribution < -0.4 is 19.7 Å². The molecule has 1 aliphatic heterocycles. The molecule has 0 aliphatic carbocycles. The number of para-hydroxylation sites is 1. The van der Waals surface area contributed by atoms with Crippen LogP contribution in [-0.2, 0) is 9.59 Å². The lowest BCUT2D eigenvalue weighted by Gasteiger charge is -2.17. The van der Waals surface area contributed by atoms with E-state index in [1.165, 1.54) is 0 Å². The van der Waals surface area contributed by atoms with Gasteiger partial charge in [-0.05, 0) is 36.4 Å². The molecule has 2 aromatic rings. The van der Waals surface area contributed by atoms with Crippen LogP contribution in [0.25, 0.3) is 0 Å². The number of benzene rings is 2. The van der Waals surface area contributed by atoms with Gasteiger partial charge in [-0.3, -0.25) is 9.59 Å². The minimum absolute atomic E-state index is 0.0348. The van der Waals surface area contributed by atoms with E-state index in [9.17, 15) is 9.59 Å². The van der Waals surface area contributed by atoms with Gasteiger partial charge in [0.1, 0.15) is 11.5 Å². The Morgan fingerprint density at radius 2 is 1.85 bits per heavy atom. The van der Waals surface area contributed by atoms with Crippen LogP contribution in [0.2, 0.25) is 0 Å². The molecule has 6 nitrogen and oxygen atoms in total. The standard InChI is InChI=1S/C20H22N2O4/c1-25-17-9-7-16(8-10-17)22-13-15(11-20(22)24)12-21-19(23)14-26-18-5-3-2-4-6-18/h2-10,15H,11-14H2,1H3,(H,21,23)/t15-/m0/s1. The van der Waals surface area contributed by atoms with Gasteiger partial charge in [0, 0.05) is 31.1 Å². The first-order valence-electron chi connectivity index (χ1n) is 8.54. The lowest BCUT2D eigenvalue weighted by Crippen LogP contribution is -2.34. The molecule has 0 radical (unpaired) electrons. The van der Waals surface area contributed by atoms with E-state index < -0.39 is 0 Å². The fourth-order valence-corrected chi connectivity index (χ4v) is 2.90. The summed E-state index contributed by atoms with van der Waals surface area (Å²) in [6, 6.07) is 16.6. The molecule has 2 amide bonds. The summed E-state index contributed by atoms with van der Waals surface area (Å²) in [6.07, 6.45) is 0.422. The van der Waals surface area contributed by atoms with Crippen molar-refractivity contribution in [3.63, 3.8) is 0 Å². The smallest absolute Gasteiger partial charge is 0.257 e. The minimum Gasteiger partial charge on any atom is -0.497 e. The fraction of sp³-hybridized carbons (Fsp3) is 0.300. The number of carbonyl (C=O) groups is 2. The van der Waals surface area contributed by atoms with Crippen molar-refractivity contribution in [2.45, 2.75) is 6.42 Å². The van der Waals surface area contributed by atoms with Crippen LogP contribution in [0, 0.1) is 5.92 Å². The third kappa shape index (κ3) is 4.53. The molecule has 1 N–H and O–H groups in total. The summed E-state index contributed by atoms with van der Waals surface area (Å²) in [4.78, 5) is 25.9. The average Bonchev–Trinajstić information content (AvgIpc) is 3.06. The van der Waals surface area contributed by atoms with Gasteiger partial charge in [0.15, 0.2) is 6.61 Å². The van der Waals surface area contributed by atoms with Crippen LogP contribution >= 0.6 is 0 Å². The molecule has 1 aliphatic rings. The first-order chi connectivity index (χ1) is 12.7. The molecular weight excluding hydrogens is 332 g/mol. The van der Waals surface area contributed by atoms with E-state index in [1.807, 2.05) is 42.5 Å². The van der Waals surface area contributed by atoms with Gasteiger partial charge in [0.25, 0.3) is 5.91 Å². The van der Waals surface area contributed by atoms with Crippen molar-refractivity contribution in [2.24, 2.45) is 5.92 Å². The van der Waals surface area contributed by atoms with Crippen molar-refractivity contribution < 1.29 is 19.1 Å². The number of hydrogen-bond donors (Lipinski definition) is 1. The second kappa shape index (κ2) is 8.38. The van der Waals surface area contributed by atoms with Gasteiger partial charge < -0.3 is 19.7 Å². The number of amides is 2. The van der Waals surface area contributed by atoms with E-state index in [4.69, 9.17) is 9.47 Å². The largest absolute Gasteiger partial charge is 0.497 e. The fourth-order valence-electron chi connectivity index (χ4n) is 2.90. The zero-order valence-electron chi connectivity index (χ0n) is 14.7. The van der Waals surface area contributed by atoms with E-state index in [0.717, 1.165) is 11.4 Å². The Hall–Kier alpha value is -3.02. The molecule has 1 fully saturated rings. The molecule has 6 heteroatoms. The van der Waals surface area contributed by atoms with E-state index in [0.29, 0.717) is 25.3 Å². The van der Waals surface area contributed by atoms with Crippen LogP contribution in [-0.4, -0.2) is 38.6 Å². The van der Waals surface area contributed by atoms with Crippen LogP contribution in [0.15, 0.2) is 54.6 Å². The molecule has 2 aromatic carbocycles. The highest BCUT2D eigenvalue weighted by molar-refractivity contribution is 5.95. The third-order valence-electron chi connectivity index (χ3n) is 4.29. The van der Waals surface area contributed by atoms with Crippen molar-refractivity contribution in [1.29, 1.82) is 0 Å². The van der Waals surface area contributed by atoms with Gasteiger partial charge in [-0.15, -0.1) is 0 Å². The Bertz CT molecular complexity index is 746. The molecule has 0 aromatic heterocycles.